The summed E-state index contributed by atoms with van der Waals surface area (Å²) in [4.78, 5) is 22.7. The molecule has 2 rings (SSSR count). The molecule has 1 aliphatic carbocycles. The van der Waals surface area contributed by atoms with E-state index < -0.39 is 5.97 Å². The molecule has 0 heterocycles. The van der Waals surface area contributed by atoms with Gasteiger partial charge in [0.05, 0.1) is 6.42 Å². The first-order valence-corrected chi connectivity index (χ1v) is 6.84. The molecular weight excluding hydrogens is 256 g/mol. The van der Waals surface area contributed by atoms with Gasteiger partial charge < -0.3 is 16.2 Å². The molecule has 0 atom stereocenters. The van der Waals surface area contributed by atoms with Gasteiger partial charge in [0, 0.05) is 12.1 Å². The predicted octanol–water partition coefficient (Wildman–Crippen LogP) is 1.77. The molecule has 0 bridgehead atoms. The van der Waals surface area contributed by atoms with E-state index in [1.807, 2.05) is 0 Å². The van der Waals surface area contributed by atoms with Gasteiger partial charge in [-0.15, -0.1) is 0 Å². The fourth-order valence-electron chi connectivity index (χ4n) is 2.61. The molecule has 1 aliphatic rings. The third kappa shape index (κ3) is 3.57. The molecular formula is C15H20N2O3. The third-order valence-electron chi connectivity index (χ3n) is 3.95. The number of carbonyl (C=O) groups excluding carboxylic acids is 1. The van der Waals surface area contributed by atoms with Gasteiger partial charge >= 0.3 is 5.97 Å². The molecule has 1 fully saturated rings. The molecule has 4 N–H and O–H groups in total. The SMILES string of the molecule is NCC1(CC(=O)Nc2cccc(CC(=O)O)c2)CCC1. The molecule has 1 aromatic carbocycles. The number of carboxylic acids is 1. The Hall–Kier alpha value is -1.88. The topological polar surface area (TPSA) is 92.4 Å². The number of amides is 1. The van der Waals surface area contributed by atoms with Gasteiger partial charge in [0.25, 0.3) is 0 Å². The average Bonchev–Trinajstić information content (AvgIpc) is 2.33. The summed E-state index contributed by atoms with van der Waals surface area (Å²) in [5.74, 6) is -0.937. The summed E-state index contributed by atoms with van der Waals surface area (Å²) in [6, 6.07) is 6.94. The van der Waals surface area contributed by atoms with Gasteiger partial charge in [-0.05, 0) is 42.5 Å². The van der Waals surface area contributed by atoms with Crippen molar-refractivity contribution in [3.63, 3.8) is 0 Å². The van der Waals surface area contributed by atoms with Crippen LogP contribution in [-0.2, 0) is 16.0 Å². The second-order valence-corrected chi connectivity index (χ2v) is 5.55. The van der Waals surface area contributed by atoms with Crippen LogP contribution in [0.25, 0.3) is 0 Å². The first kappa shape index (κ1) is 14.5. The molecule has 1 aromatic rings. The van der Waals surface area contributed by atoms with E-state index >= 15 is 0 Å². The summed E-state index contributed by atoms with van der Waals surface area (Å²) in [7, 11) is 0. The van der Waals surface area contributed by atoms with Gasteiger partial charge in [-0.2, -0.15) is 0 Å². The summed E-state index contributed by atoms with van der Waals surface area (Å²) >= 11 is 0. The minimum atomic E-state index is -0.884. The van der Waals surface area contributed by atoms with Crippen molar-refractivity contribution < 1.29 is 14.7 Å². The molecule has 0 saturated heterocycles. The number of anilines is 1. The van der Waals surface area contributed by atoms with E-state index in [1.165, 1.54) is 0 Å². The van der Waals surface area contributed by atoms with Crippen molar-refractivity contribution in [2.75, 3.05) is 11.9 Å². The van der Waals surface area contributed by atoms with E-state index in [0.29, 0.717) is 24.2 Å². The lowest BCUT2D eigenvalue weighted by atomic mass is 9.66. The number of hydrogen-bond acceptors (Lipinski definition) is 3. The highest BCUT2D eigenvalue weighted by molar-refractivity contribution is 5.91. The summed E-state index contributed by atoms with van der Waals surface area (Å²) in [6.07, 6.45) is 3.55. The van der Waals surface area contributed by atoms with Crippen molar-refractivity contribution in [1.82, 2.24) is 0 Å². The lowest BCUT2D eigenvalue weighted by Gasteiger charge is -2.40. The zero-order valence-corrected chi connectivity index (χ0v) is 11.4. The Balaban J connectivity index is 1.95. The molecule has 5 nitrogen and oxygen atoms in total. The highest BCUT2D eigenvalue weighted by Crippen LogP contribution is 2.43. The lowest BCUT2D eigenvalue weighted by Crippen LogP contribution is -2.40. The smallest absolute Gasteiger partial charge is 0.307 e. The zero-order chi connectivity index (χ0) is 14.6. The minimum absolute atomic E-state index is 0.0250. The molecule has 0 radical (unpaired) electrons. The van der Waals surface area contributed by atoms with Gasteiger partial charge in [0.2, 0.25) is 5.91 Å². The number of carbonyl (C=O) groups is 2. The van der Waals surface area contributed by atoms with Crippen molar-refractivity contribution in [2.45, 2.75) is 32.1 Å². The summed E-state index contributed by atoms with van der Waals surface area (Å²) in [5.41, 5.74) is 7.03. The maximum Gasteiger partial charge on any atom is 0.307 e. The van der Waals surface area contributed by atoms with Crippen molar-refractivity contribution in [3.8, 4) is 0 Å². The third-order valence-corrected chi connectivity index (χ3v) is 3.95. The molecule has 108 valence electrons. The largest absolute Gasteiger partial charge is 0.481 e. The van der Waals surface area contributed by atoms with Crippen molar-refractivity contribution in [2.24, 2.45) is 11.1 Å². The Kier molecular flexibility index (Phi) is 4.39. The Bertz CT molecular complexity index is 504. The summed E-state index contributed by atoms with van der Waals surface area (Å²) < 4.78 is 0. The number of carboxylic acid groups (broad SMARTS) is 1. The van der Waals surface area contributed by atoms with Crippen molar-refractivity contribution in [1.29, 1.82) is 0 Å². The van der Waals surface area contributed by atoms with E-state index in [9.17, 15) is 9.59 Å². The number of hydrogen-bond donors (Lipinski definition) is 3. The number of benzene rings is 1. The van der Waals surface area contributed by atoms with Crippen LogP contribution < -0.4 is 11.1 Å². The molecule has 5 heteroatoms. The number of nitrogens with two attached hydrogens (primary N) is 1. The molecule has 0 spiro atoms. The molecule has 0 aromatic heterocycles. The molecule has 1 amide bonds. The monoisotopic (exact) mass is 276 g/mol. The normalized spacial score (nSPS) is 16.2. The van der Waals surface area contributed by atoms with Crippen LogP contribution in [0, 0.1) is 5.41 Å². The Morgan fingerprint density at radius 1 is 1.35 bits per heavy atom. The van der Waals surface area contributed by atoms with E-state index in [1.54, 1.807) is 24.3 Å². The lowest BCUT2D eigenvalue weighted by molar-refractivity contribution is -0.136. The van der Waals surface area contributed by atoms with Gasteiger partial charge in [-0.1, -0.05) is 18.6 Å². The van der Waals surface area contributed by atoms with Crippen LogP contribution in [0.2, 0.25) is 0 Å². The number of nitrogens with one attached hydrogen (secondary N) is 1. The van der Waals surface area contributed by atoms with Gasteiger partial charge in [0.15, 0.2) is 0 Å². The minimum Gasteiger partial charge on any atom is -0.481 e. The van der Waals surface area contributed by atoms with Crippen LogP contribution in [-0.4, -0.2) is 23.5 Å². The quantitative estimate of drug-likeness (QED) is 0.738. The molecule has 1 saturated carbocycles. The van der Waals surface area contributed by atoms with Gasteiger partial charge in [0.1, 0.15) is 0 Å². The highest BCUT2D eigenvalue weighted by atomic mass is 16.4. The number of rotatable bonds is 6. The fraction of sp³-hybridized carbons (Fsp3) is 0.467. The first-order valence-electron chi connectivity index (χ1n) is 6.84. The van der Waals surface area contributed by atoms with Crippen LogP contribution >= 0.6 is 0 Å². The first-order chi connectivity index (χ1) is 9.53. The van der Waals surface area contributed by atoms with Crippen molar-refractivity contribution >= 4 is 17.6 Å². The second kappa shape index (κ2) is 6.05. The van der Waals surface area contributed by atoms with Crippen molar-refractivity contribution in [3.05, 3.63) is 29.8 Å². The predicted molar refractivity (Wildman–Crippen MR) is 76.4 cm³/mol. The second-order valence-electron chi connectivity index (χ2n) is 5.55. The fourth-order valence-corrected chi connectivity index (χ4v) is 2.61. The van der Waals surface area contributed by atoms with E-state index in [-0.39, 0.29) is 17.7 Å². The molecule has 0 aliphatic heterocycles. The Morgan fingerprint density at radius 3 is 2.65 bits per heavy atom. The summed E-state index contributed by atoms with van der Waals surface area (Å²) in [5, 5.41) is 11.6. The van der Waals surface area contributed by atoms with E-state index in [2.05, 4.69) is 5.32 Å². The Morgan fingerprint density at radius 2 is 2.10 bits per heavy atom. The van der Waals surface area contributed by atoms with E-state index in [4.69, 9.17) is 10.8 Å². The Labute approximate surface area is 118 Å². The van der Waals surface area contributed by atoms with Gasteiger partial charge in [-0.25, -0.2) is 0 Å². The molecule has 20 heavy (non-hydrogen) atoms. The van der Waals surface area contributed by atoms with Crippen LogP contribution in [0.1, 0.15) is 31.2 Å². The van der Waals surface area contributed by atoms with Crippen LogP contribution in [0.3, 0.4) is 0 Å². The number of aliphatic carboxylic acids is 1. The zero-order valence-electron chi connectivity index (χ0n) is 11.4. The maximum absolute atomic E-state index is 12.0. The van der Waals surface area contributed by atoms with Gasteiger partial charge in [-0.3, -0.25) is 9.59 Å². The highest BCUT2D eigenvalue weighted by Gasteiger charge is 2.37. The van der Waals surface area contributed by atoms with Crippen LogP contribution in [0.15, 0.2) is 24.3 Å². The average molecular weight is 276 g/mol. The summed E-state index contributed by atoms with van der Waals surface area (Å²) in [6.45, 7) is 0.541. The maximum atomic E-state index is 12.0. The van der Waals surface area contributed by atoms with Crippen LogP contribution in [0.4, 0.5) is 5.69 Å². The molecule has 0 unspecified atom stereocenters. The standard InChI is InChI=1S/C15H20N2O3/c16-10-15(5-2-6-15)9-13(18)17-12-4-1-3-11(7-12)8-14(19)20/h1,3-4,7H,2,5-6,8-10,16H2,(H,17,18)(H,19,20). The van der Waals surface area contributed by atoms with E-state index in [0.717, 1.165) is 19.3 Å². The van der Waals surface area contributed by atoms with Crippen LogP contribution in [0.5, 0.6) is 0 Å².